The van der Waals surface area contributed by atoms with E-state index in [1.807, 2.05) is 0 Å². The van der Waals surface area contributed by atoms with E-state index in [2.05, 4.69) is 15.5 Å². The molecule has 122 valence electrons. The summed E-state index contributed by atoms with van der Waals surface area (Å²) in [7, 11) is 1.55. The number of rotatable bonds is 6. The van der Waals surface area contributed by atoms with Crippen LogP contribution in [0.3, 0.4) is 0 Å². The van der Waals surface area contributed by atoms with Gasteiger partial charge in [-0.3, -0.25) is 9.48 Å². The zero-order chi connectivity index (χ0) is 17.0. The number of hydrogen-bond acceptors (Lipinski definition) is 7. The quantitative estimate of drug-likeness (QED) is 0.460. The smallest absolute Gasteiger partial charge is 0.389 e. The number of hydrogen-bond donors (Lipinski definition) is 1. The molecule has 23 heavy (non-hydrogen) atoms. The second kappa shape index (κ2) is 6.68. The molecule has 0 aliphatic heterocycles. The zero-order valence-electron chi connectivity index (χ0n) is 12.4. The van der Waals surface area contributed by atoms with Gasteiger partial charge in [0, 0.05) is 7.05 Å². The van der Waals surface area contributed by atoms with E-state index in [9.17, 15) is 19.7 Å². The minimum absolute atomic E-state index is 0.120. The van der Waals surface area contributed by atoms with Crippen molar-refractivity contribution in [2.24, 2.45) is 7.05 Å². The maximum absolute atomic E-state index is 12.0. The number of aromatic nitrogens is 4. The van der Waals surface area contributed by atoms with Crippen molar-refractivity contribution < 1.29 is 19.2 Å². The molecule has 0 radical (unpaired) electrons. The lowest BCUT2D eigenvalue weighted by Crippen LogP contribution is -2.22. The summed E-state index contributed by atoms with van der Waals surface area (Å²) in [5.41, 5.74) is 0.120. The van der Waals surface area contributed by atoms with Crippen LogP contribution in [-0.4, -0.2) is 43.0 Å². The van der Waals surface area contributed by atoms with E-state index in [1.165, 1.54) is 23.1 Å². The van der Waals surface area contributed by atoms with Crippen LogP contribution in [0.4, 0.5) is 11.6 Å². The second-order valence-corrected chi connectivity index (χ2v) is 4.43. The van der Waals surface area contributed by atoms with E-state index in [-0.39, 0.29) is 30.4 Å². The molecule has 2 rings (SSSR count). The number of anilines is 1. The molecule has 11 heteroatoms. The molecule has 0 aliphatic rings. The molecule has 11 nitrogen and oxygen atoms in total. The molecule has 0 atom stereocenters. The van der Waals surface area contributed by atoms with Crippen molar-refractivity contribution in [3.63, 3.8) is 0 Å². The van der Waals surface area contributed by atoms with Gasteiger partial charge in [0.1, 0.15) is 17.9 Å². The van der Waals surface area contributed by atoms with Crippen LogP contribution in [0.25, 0.3) is 0 Å². The Labute approximate surface area is 130 Å². The van der Waals surface area contributed by atoms with Gasteiger partial charge >= 0.3 is 11.8 Å². The predicted molar refractivity (Wildman–Crippen MR) is 76.7 cm³/mol. The highest BCUT2D eigenvalue weighted by atomic mass is 16.6. The Hall–Kier alpha value is -3.24. The van der Waals surface area contributed by atoms with E-state index in [1.54, 1.807) is 14.0 Å². The number of nitrogens with one attached hydrogen (secondary N) is 1. The van der Waals surface area contributed by atoms with Gasteiger partial charge in [0.05, 0.1) is 30.2 Å². The van der Waals surface area contributed by atoms with Crippen molar-refractivity contribution in [1.29, 1.82) is 0 Å². The molecule has 2 aromatic rings. The largest absolute Gasteiger partial charge is 0.462 e. The van der Waals surface area contributed by atoms with Crippen LogP contribution in [-0.2, 0) is 23.1 Å². The highest BCUT2D eigenvalue weighted by Gasteiger charge is 2.20. The molecule has 0 fully saturated rings. The molecule has 0 bridgehead atoms. The van der Waals surface area contributed by atoms with Crippen LogP contribution >= 0.6 is 0 Å². The Morgan fingerprint density at radius 1 is 1.48 bits per heavy atom. The molecule has 1 amide bonds. The summed E-state index contributed by atoms with van der Waals surface area (Å²) in [5, 5.41) is 20.6. The van der Waals surface area contributed by atoms with Crippen LogP contribution in [0, 0.1) is 10.1 Å². The molecule has 0 saturated heterocycles. The monoisotopic (exact) mass is 322 g/mol. The Bertz CT molecular complexity index is 749. The number of carbonyl (C=O) groups excluding carboxylic acids is 2. The fourth-order valence-corrected chi connectivity index (χ4v) is 1.80. The molecule has 0 unspecified atom stereocenters. The van der Waals surface area contributed by atoms with Gasteiger partial charge in [0.15, 0.2) is 0 Å². The van der Waals surface area contributed by atoms with Crippen LogP contribution in [0.1, 0.15) is 17.3 Å². The number of carbonyl (C=O) groups is 2. The number of esters is 1. The maximum Gasteiger partial charge on any atom is 0.389 e. The van der Waals surface area contributed by atoms with Crippen LogP contribution in [0.2, 0.25) is 0 Å². The van der Waals surface area contributed by atoms with Gasteiger partial charge in [-0.2, -0.15) is 9.78 Å². The van der Waals surface area contributed by atoms with Gasteiger partial charge < -0.3 is 20.2 Å². The number of nitro groups is 1. The topological polar surface area (TPSA) is 134 Å². The number of aryl methyl sites for hydroxylation is 1. The average molecular weight is 322 g/mol. The highest BCUT2D eigenvalue weighted by molar-refractivity contribution is 6.00. The first-order chi connectivity index (χ1) is 10.9. The van der Waals surface area contributed by atoms with E-state index >= 15 is 0 Å². The van der Waals surface area contributed by atoms with Gasteiger partial charge in [-0.15, -0.1) is 0 Å². The van der Waals surface area contributed by atoms with Gasteiger partial charge in [-0.1, -0.05) is 0 Å². The molecule has 0 saturated carbocycles. The number of amides is 1. The van der Waals surface area contributed by atoms with Gasteiger partial charge in [0.2, 0.25) is 5.91 Å². The standard InChI is InChI=1S/C12H14N6O5/c1-3-23-12(20)8-6-13-16(2)11(8)14-10(19)7-17-5-4-9(15-17)18(21)22/h4-6H,3,7H2,1-2H3,(H,14,19). The highest BCUT2D eigenvalue weighted by Crippen LogP contribution is 2.15. The third-order valence-electron chi connectivity index (χ3n) is 2.81. The Morgan fingerprint density at radius 3 is 2.83 bits per heavy atom. The lowest BCUT2D eigenvalue weighted by molar-refractivity contribution is -0.389. The molecule has 0 spiro atoms. The number of nitrogens with zero attached hydrogens (tertiary/aromatic N) is 5. The van der Waals surface area contributed by atoms with Crippen LogP contribution in [0.15, 0.2) is 18.5 Å². The van der Waals surface area contributed by atoms with Crippen molar-refractivity contribution in [2.45, 2.75) is 13.5 Å². The first-order valence-corrected chi connectivity index (χ1v) is 6.59. The van der Waals surface area contributed by atoms with Crippen molar-refractivity contribution in [3.05, 3.63) is 34.1 Å². The Kier molecular flexibility index (Phi) is 4.69. The summed E-state index contributed by atoms with van der Waals surface area (Å²) in [6.07, 6.45) is 2.60. The van der Waals surface area contributed by atoms with Gasteiger partial charge in [-0.05, 0) is 11.8 Å². The summed E-state index contributed by atoms with van der Waals surface area (Å²) in [4.78, 5) is 33.7. The van der Waals surface area contributed by atoms with E-state index < -0.39 is 16.8 Å². The minimum atomic E-state index is -0.658. The molecular weight excluding hydrogens is 308 g/mol. The predicted octanol–water partition coefficient (Wildman–Crippen LogP) is 0.340. The second-order valence-electron chi connectivity index (χ2n) is 4.43. The van der Waals surface area contributed by atoms with Gasteiger partial charge in [0.25, 0.3) is 0 Å². The lowest BCUT2D eigenvalue weighted by Gasteiger charge is -2.07. The van der Waals surface area contributed by atoms with Crippen LogP contribution < -0.4 is 5.32 Å². The van der Waals surface area contributed by atoms with Crippen LogP contribution in [0.5, 0.6) is 0 Å². The molecule has 2 heterocycles. The normalized spacial score (nSPS) is 10.3. The molecule has 0 aliphatic carbocycles. The molecule has 1 N–H and O–H groups in total. The van der Waals surface area contributed by atoms with Crippen molar-refractivity contribution in [1.82, 2.24) is 19.6 Å². The SMILES string of the molecule is CCOC(=O)c1cnn(C)c1NC(=O)Cn1ccc([N+](=O)[O-])n1. The number of ether oxygens (including phenoxy) is 1. The molecule has 2 aromatic heterocycles. The van der Waals surface area contributed by atoms with E-state index in [0.717, 1.165) is 4.68 Å². The van der Waals surface area contributed by atoms with E-state index in [4.69, 9.17) is 4.74 Å². The summed E-state index contributed by atoms with van der Waals surface area (Å²) in [5.74, 6) is -1.30. The third-order valence-corrected chi connectivity index (χ3v) is 2.81. The Balaban J connectivity index is 2.09. The fourth-order valence-electron chi connectivity index (χ4n) is 1.80. The first kappa shape index (κ1) is 16.1. The summed E-state index contributed by atoms with van der Waals surface area (Å²) >= 11 is 0. The van der Waals surface area contributed by atoms with Crippen molar-refractivity contribution in [2.75, 3.05) is 11.9 Å². The Morgan fingerprint density at radius 2 is 2.22 bits per heavy atom. The lowest BCUT2D eigenvalue weighted by atomic mass is 10.3. The fraction of sp³-hybridized carbons (Fsp3) is 0.333. The maximum atomic E-state index is 12.0. The van der Waals surface area contributed by atoms with Gasteiger partial charge in [-0.25, -0.2) is 4.79 Å². The van der Waals surface area contributed by atoms with Crippen molar-refractivity contribution >= 4 is 23.5 Å². The summed E-state index contributed by atoms with van der Waals surface area (Å²) in [6.45, 7) is 1.61. The molecule has 0 aromatic carbocycles. The average Bonchev–Trinajstić information content (AvgIpc) is 3.07. The third kappa shape index (κ3) is 3.70. The summed E-state index contributed by atoms with van der Waals surface area (Å²) < 4.78 is 7.31. The zero-order valence-corrected chi connectivity index (χ0v) is 12.4. The van der Waals surface area contributed by atoms with Crippen molar-refractivity contribution in [3.8, 4) is 0 Å². The first-order valence-electron chi connectivity index (χ1n) is 6.59. The summed E-state index contributed by atoms with van der Waals surface area (Å²) in [6, 6.07) is 1.18. The minimum Gasteiger partial charge on any atom is -0.462 e. The van der Waals surface area contributed by atoms with E-state index in [0.29, 0.717) is 0 Å². The molecular formula is C12H14N6O5.